The molecule has 11 heteroatoms. The summed E-state index contributed by atoms with van der Waals surface area (Å²) in [6.07, 6.45) is 2.84. The van der Waals surface area contributed by atoms with Gasteiger partial charge in [-0.25, -0.2) is 17.9 Å². The smallest absolute Gasteiger partial charge is 0.412 e. The molecule has 4 rings (SSSR count). The van der Waals surface area contributed by atoms with E-state index in [0.29, 0.717) is 24.2 Å². The van der Waals surface area contributed by atoms with Crippen LogP contribution in [0, 0.1) is 0 Å². The third-order valence-corrected chi connectivity index (χ3v) is 6.99. The highest BCUT2D eigenvalue weighted by molar-refractivity contribution is 7.88. The number of anilines is 1. The predicted molar refractivity (Wildman–Crippen MR) is 129 cm³/mol. The molecule has 1 amide bonds. The van der Waals surface area contributed by atoms with E-state index in [-0.39, 0.29) is 18.6 Å². The Bertz CT molecular complexity index is 1430. The number of nitrogens with one attached hydrogen (secondary N) is 1. The number of amides is 1. The van der Waals surface area contributed by atoms with Gasteiger partial charge in [0.15, 0.2) is 0 Å². The van der Waals surface area contributed by atoms with E-state index < -0.39 is 21.7 Å². The minimum atomic E-state index is -3.32. The Hall–Kier alpha value is -3.18. The third kappa shape index (κ3) is 4.85. The number of nitrogens with zero attached hydrogens (tertiary/aromatic N) is 4. The first-order chi connectivity index (χ1) is 15.8. The summed E-state index contributed by atoms with van der Waals surface area (Å²) in [4.78, 5) is 25.4. The van der Waals surface area contributed by atoms with Crippen LogP contribution in [0.3, 0.4) is 0 Å². The van der Waals surface area contributed by atoms with Gasteiger partial charge in [-0.15, -0.1) is 0 Å². The van der Waals surface area contributed by atoms with Gasteiger partial charge >= 0.3 is 6.09 Å². The van der Waals surface area contributed by atoms with Crippen molar-refractivity contribution in [3.05, 3.63) is 57.6 Å². The number of carbonyl (C=O) groups is 1. The minimum Gasteiger partial charge on any atom is -0.444 e. The monoisotopic (exact) mass is 487 g/mol. The summed E-state index contributed by atoms with van der Waals surface area (Å²) >= 11 is 0. The summed E-state index contributed by atoms with van der Waals surface area (Å²) in [5, 5.41) is 7.83. The molecular formula is C23H29N5O5S. The molecule has 182 valence electrons. The lowest BCUT2D eigenvalue weighted by Crippen LogP contribution is -2.35. The quantitative estimate of drug-likeness (QED) is 0.604. The van der Waals surface area contributed by atoms with E-state index in [2.05, 4.69) is 10.4 Å². The number of aromatic nitrogens is 3. The zero-order valence-corrected chi connectivity index (χ0v) is 20.8. The Morgan fingerprint density at radius 2 is 2.00 bits per heavy atom. The zero-order valence-electron chi connectivity index (χ0n) is 20.0. The summed E-state index contributed by atoms with van der Waals surface area (Å²) in [5.74, 6) is 0. The second-order valence-electron chi connectivity index (χ2n) is 9.53. The van der Waals surface area contributed by atoms with Crippen molar-refractivity contribution in [2.45, 2.75) is 45.9 Å². The molecule has 1 N–H and O–H groups in total. The molecule has 1 aliphatic heterocycles. The average Bonchev–Trinajstić information content (AvgIpc) is 3.00. The Morgan fingerprint density at radius 3 is 2.68 bits per heavy atom. The van der Waals surface area contributed by atoms with Gasteiger partial charge in [-0.1, -0.05) is 12.1 Å². The Kier molecular flexibility index (Phi) is 6.03. The molecule has 0 radical (unpaired) electrons. The highest BCUT2D eigenvalue weighted by atomic mass is 32.2. The van der Waals surface area contributed by atoms with Gasteiger partial charge in [-0.2, -0.15) is 9.40 Å². The molecule has 0 aliphatic carbocycles. The van der Waals surface area contributed by atoms with E-state index in [4.69, 9.17) is 4.74 Å². The van der Waals surface area contributed by atoms with Crippen LogP contribution in [0.1, 0.15) is 37.6 Å². The van der Waals surface area contributed by atoms with E-state index in [1.54, 1.807) is 56.8 Å². The Labute approximate surface area is 198 Å². The van der Waals surface area contributed by atoms with Crippen molar-refractivity contribution >= 4 is 32.7 Å². The molecule has 0 saturated carbocycles. The van der Waals surface area contributed by atoms with Gasteiger partial charge in [0, 0.05) is 30.4 Å². The lowest BCUT2D eigenvalue weighted by molar-refractivity contribution is 0.0636. The third-order valence-electron chi connectivity index (χ3n) is 5.74. The minimum absolute atomic E-state index is 0.212. The predicted octanol–water partition coefficient (Wildman–Crippen LogP) is 2.45. The van der Waals surface area contributed by atoms with Crippen LogP contribution in [0.25, 0.3) is 10.9 Å². The largest absolute Gasteiger partial charge is 0.444 e. The fourth-order valence-electron chi connectivity index (χ4n) is 4.22. The second kappa shape index (κ2) is 8.55. The topological polar surface area (TPSA) is 116 Å². The summed E-state index contributed by atoms with van der Waals surface area (Å²) < 4.78 is 33.9. The average molecular weight is 488 g/mol. The van der Waals surface area contributed by atoms with Gasteiger partial charge in [0.2, 0.25) is 10.0 Å². The number of hydrogen-bond acceptors (Lipinski definition) is 6. The van der Waals surface area contributed by atoms with Crippen LogP contribution in [0.15, 0.2) is 35.3 Å². The number of sulfonamides is 1. The molecule has 10 nitrogen and oxygen atoms in total. The Morgan fingerprint density at radius 1 is 1.26 bits per heavy atom. The standard InChI is InChI=1S/C23H29N5O5S/c1-23(2,3)33-22(30)25-16-8-6-7-15(11-16)13-28-21(29)20-18(12-24-28)17-9-10-27(34(5,31)32)14-19(17)26(20)4/h6-8,11-12H,9-10,13-14H2,1-5H3,(H,25,30). The molecule has 3 aromatic rings. The van der Waals surface area contributed by atoms with Gasteiger partial charge in [0.05, 0.1) is 25.5 Å². The number of ether oxygens (including phenoxy) is 1. The molecule has 3 heterocycles. The van der Waals surface area contributed by atoms with Crippen LogP contribution < -0.4 is 10.9 Å². The molecule has 1 aliphatic rings. The van der Waals surface area contributed by atoms with Crippen LogP contribution in [0.5, 0.6) is 0 Å². The molecule has 0 atom stereocenters. The van der Waals surface area contributed by atoms with Crippen molar-refractivity contribution in [3.63, 3.8) is 0 Å². The van der Waals surface area contributed by atoms with Crippen molar-refractivity contribution in [2.75, 3.05) is 18.1 Å². The first kappa shape index (κ1) is 24.0. The summed E-state index contributed by atoms with van der Waals surface area (Å²) in [5.41, 5.74) is 2.75. The van der Waals surface area contributed by atoms with Crippen LogP contribution in [0.4, 0.5) is 10.5 Å². The normalized spacial score (nSPS) is 14.7. The number of fused-ring (bicyclic) bond motifs is 3. The molecule has 1 aromatic carbocycles. The number of hydrogen-bond donors (Lipinski definition) is 1. The first-order valence-corrected chi connectivity index (χ1v) is 12.8. The lowest BCUT2D eigenvalue weighted by Gasteiger charge is -2.25. The number of carbonyl (C=O) groups excluding carboxylic acids is 1. The number of aryl methyl sites for hydroxylation is 1. The second-order valence-corrected chi connectivity index (χ2v) is 11.5. The van der Waals surface area contributed by atoms with Crippen LogP contribution in [0.2, 0.25) is 0 Å². The van der Waals surface area contributed by atoms with Gasteiger partial charge < -0.3 is 9.30 Å². The molecule has 2 aromatic heterocycles. The van der Waals surface area contributed by atoms with Crippen molar-refractivity contribution in [1.29, 1.82) is 0 Å². The SMILES string of the molecule is Cn1c2c(c3cnn(Cc4cccc(NC(=O)OC(C)(C)C)c4)c(=O)c31)CCN(S(C)(=O)=O)C2. The first-order valence-electron chi connectivity index (χ1n) is 10.9. The summed E-state index contributed by atoms with van der Waals surface area (Å²) in [6.45, 7) is 6.19. The highest BCUT2D eigenvalue weighted by Gasteiger charge is 2.29. The van der Waals surface area contributed by atoms with Crippen LogP contribution in [-0.2, 0) is 41.3 Å². The van der Waals surface area contributed by atoms with Crippen molar-refractivity contribution in [3.8, 4) is 0 Å². The van der Waals surface area contributed by atoms with Gasteiger partial charge in [0.25, 0.3) is 5.56 Å². The summed E-state index contributed by atoms with van der Waals surface area (Å²) in [6, 6.07) is 7.14. The van der Waals surface area contributed by atoms with E-state index >= 15 is 0 Å². The molecular weight excluding hydrogens is 458 g/mol. The lowest BCUT2D eigenvalue weighted by atomic mass is 10.1. The number of benzene rings is 1. The molecule has 0 spiro atoms. The van der Waals surface area contributed by atoms with Gasteiger partial charge in [0.1, 0.15) is 11.1 Å². The van der Waals surface area contributed by atoms with E-state index in [1.165, 1.54) is 15.2 Å². The Balaban J connectivity index is 1.62. The van der Waals surface area contributed by atoms with Gasteiger partial charge in [-0.3, -0.25) is 10.1 Å². The maximum Gasteiger partial charge on any atom is 0.412 e. The molecule has 34 heavy (non-hydrogen) atoms. The molecule has 0 saturated heterocycles. The van der Waals surface area contributed by atoms with E-state index in [1.807, 2.05) is 6.07 Å². The van der Waals surface area contributed by atoms with E-state index in [9.17, 15) is 18.0 Å². The maximum atomic E-state index is 13.3. The highest BCUT2D eigenvalue weighted by Crippen LogP contribution is 2.29. The fourth-order valence-corrected chi connectivity index (χ4v) is 5.00. The van der Waals surface area contributed by atoms with Crippen molar-refractivity contribution < 1.29 is 17.9 Å². The molecule has 0 bridgehead atoms. The number of rotatable bonds is 4. The van der Waals surface area contributed by atoms with Crippen molar-refractivity contribution in [2.24, 2.45) is 7.05 Å². The van der Waals surface area contributed by atoms with Gasteiger partial charge in [-0.05, 0) is 50.5 Å². The summed E-state index contributed by atoms with van der Waals surface area (Å²) in [7, 11) is -1.54. The zero-order chi connectivity index (χ0) is 24.8. The van der Waals surface area contributed by atoms with E-state index in [0.717, 1.165) is 22.2 Å². The maximum absolute atomic E-state index is 13.3. The molecule has 0 fully saturated rings. The van der Waals surface area contributed by atoms with Crippen LogP contribution in [-0.4, -0.2) is 51.6 Å². The van der Waals surface area contributed by atoms with Crippen LogP contribution >= 0.6 is 0 Å². The van der Waals surface area contributed by atoms with Crippen molar-refractivity contribution in [1.82, 2.24) is 18.7 Å². The fraction of sp³-hybridized carbons (Fsp3) is 0.435. The molecule has 0 unspecified atom stereocenters.